The molecule has 1 amide bonds. The zero-order valence-electron chi connectivity index (χ0n) is 32.8. The van der Waals surface area contributed by atoms with Crippen molar-refractivity contribution in [3.8, 4) is 11.5 Å². The number of pyridine rings is 1. The van der Waals surface area contributed by atoms with Gasteiger partial charge in [-0.25, -0.2) is 4.98 Å². The van der Waals surface area contributed by atoms with Crippen LogP contribution in [-0.2, 0) is 11.3 Å². The van der Waals surface area contributed by atoms with Crippen LogP contribution in [0.4, 0.5) is 11.4 Å². The van der Waals surface area contributed by atoms with Crippen molar-refractivity contribution < 1.29 is 19.2 Å². The molecule has 58 heavy (non-hydrogen) atoms. The molecule has 0 atom stereocenters. The zero-order chi connectivity index (χ0) is 40.2. The number of anilines is 1. The van der Waals surface area contributed by atoms with Gasteiger partial charge in [0.05, 0.1) is 29.2 Å². The molecule has 0 unspecified atom stereocenters. The van der Waals surface area contributed by atoms with Crippen molar-refractivity contribution in [3.63, 3.8) is 0 Å². The zero-order valence-corrected chi connectivity index (χ0v) is 34.4. The molecule has 5 aromatic rings. The number of H-pyrrole nitrogens is 1. The molecule has 3 aromatic carbocycles. The average Bonchev–Trinajstić information content (AvgIpc) is 3.70. The number of amides is 1. The van der Waals surface area contributed by atoms with Crippen molar-refractivity contribution in [3.05, 3.63) is 123 Å². The highest BCUT2D eigenvalue weighted by molar-refractivity contribution is 7.98. The van der Waals surface area contributed by atoms with Crippen LogP contribution in [0.3, 0.4) is 0 Å². The lowest BCUT2D eigenvalue weighted by Crippen LogP contribution is -2.47. The molecule has 0 bridgehead atoms. The topological polar surface area (TPSA) is 129 Å². The fourth-order valence-corrected chi connectivity index (χ4v) is 8.81. The van der Waals surface area contributed by atoms with Crippen LogP contribution in [-0.4, -0.2) is 89.6 Å². The first-order chi connectivity index (χ1) is 28.1. The van der Waals surface area contributed by atoms with Gasteiger partial charge in [-0.15, -0.1) is 0 Å². The van der Waals surface area contributed by atoms with Crippen molar-refractivity contribution in [1.29, 1.82) is 0 Å². The summed E-state index contributed by atoms with van der Waals surface area (Å²) in [4.78, 5) is 40.5. The molecule has 0 radical (unpaired) electrons. The van der Waals surface area contributed by atoms with Crippen LogP contribution in [0, 0.1) is 15.5 Å². The van der Waals surface area contributed by atoms with E-state index in [-0.39, 0.29) is 16.7 Å². The van der Waals surface area contributed by atoms with Gasteiger partial charge in [0.1, 0.15) is 17.1 Å². The minimum absolute atomic E-state index is 0.0772. The van der Waals surface area contributed by atoms with Gasteiger partial charge in [-0.2, -0.15) is 0 Å². The molecular formula is C44H48ClN7O5S. The van der Waals surface area contributed by atoms with Gasteiger partial charge < -0.3 is 19.4 Å². The third-order valence-corrected chi connectivity index (χ3v) is 12.5. The number of rotatable bonds is 12. The van der Waals surface area contributed by atoms with Gasteiger partial charge in [-0.3, -0.25) is 29.4 Å². The number of hydrogen-bond donors (Lipinski definition) is 2. The molecule has 1 aliphatic carbocycles. The van der Waals surface area contributed by atoms with Crippen LogP contribution in [0.5, 0.6) is 11.5 Å². The second-order valence-corrected chi connectivity index (χ2v) is 17.3. The number of aromatic amines is 1. The van der Waals surface area contributed by atoms with Crippen molar-refractivity contribution in [2.75, 3.05) is 63.9 Å². The molecule has 2 saturated heterocycles. The average molecular weight is 822 g/mol. The number of morpholine rings is 1. The molecule has 2 N–H and O–H groups in total. The second kappa shape index (κ2) is 17.5. The van der Waals surface area contributed by atoms with Gasteiger partial charge in [-0.1, -0.05) is 49.2 Å². The summed E-state index contributed by atoms with van der Waals surface area (Å²) in [5.74, 6) is 0.689. The molecule has 12 nitrogen and oxygen atoms in total. The number of nitro benzene ring substituents is 1. The van der Waals surface area contributed by atoms with Crippen LogP contribution in [0.15, 0.2) is 95.7 Å². The number of ether oxygens (including phenoxy) is 2. The van der Waals surface area contributed by atoms with E-state index < -0.39 is 10.8 Å². The molecule has 2 aliphatic heterocycles. The number of allylic oxidation sites excluding steroid dienone is 1. The summed E-state index contributed by atoms with van der Waals surface area (Å²) in [5, 5.41) is 13.7. The number of piperazine rings is 1. The molecule has 8 rings (SSSR count). The van der Waals surface area contributed by atoms with Gasteiger partial charge >= 0.3 is 0 Å². The quantitative estimate of drug-likeness (QED) is 0.0715. The maximum absolute atomic E-state index is 13.5. The maximum atomic E-state index is 13.5. The minimum Gasteiger partial charge on any atom is -0.454 e. The van der Waals surface area contributed by atoms with Crippen molar-refractivity contribution >= 4 is 57.4 Å². The van der Waals surface area contributed by atoms with E-state index in [1.807, 2.05) is 42.6 Å². The number of hydrogen-bond acceptors (Lipinski definition) is 10. The van der Waals surface area contributed by atoms with Crippen molar-refractivity contribution in [2.45, 2.75) is 44.6 Å². The number of fused-ring (bicyclic) bond motifs is 1. The standard InChI is InChI=1S/C44H48ClN7O5S/c1-44(2)13-11-33(38(26-44)30-5-7-35(45)8-6-30)28-49-15-17-51(18-16-49)36-9-10-41(40(25-36)57-37-23-31-12-14-46-42(31)47-27-37)58-48-43(53)32-3-4-34(39(24-32)52(54)55)29-50-19-21-56-22-20-50/h3-10,12,14,23-25,27H,11,13,15-22,26,28-29H2,1-2H3,(H,46,47)(H,48,53). The van der Waals surface area contributed by atoms with Crippen LogP contribution in [0.25, 0.3) is 16.6 Å². The summed E-state index contributed by atoms with van der Waals surface area (Å²) in [7, 11) is 0. The molecule has 0 spiro atoms. The predicted octanol–water partition coefficient (Wildman–Crippen LogP) is 8.97. The lowest BCUT2D eigenvalue weighted by molar-refractivity contribution is -0.385. The number of aromatic nitrogens is 2. The predicted molar refractivity (Wildman–Crippen MR) is 230 cm³/mol. The smallest absolute Gasteiger partial charge is 0.274 e. The lowest BCUT2D eigenvalue weighted by atomic mass is 9.72. The first-order valence-corrected chi connectivity index (χ1v) is 21.0. The van der Waals surface area contributed by atoms with Crippen LogP contribution < -0.4 is 14.4 Å². The van der Waals surface area contributed by atoms with E-state index in [0.29, 0.717) is 54.8 Å². The van der Waals surface area contributed by atoms with Crippen molar-refractivity contribution in [2.24, 2.45) is 5.41 Å². The number of carbonyl (C=O) groups is 1. The Kier molecular flexibility index (Phi) is 12.0. The minimum atomic E-state index is -0.441. The first-order valence-electron chi connectivity index (χ1n) is 19.8. The van der Waals surface area contributed by atoms with Gasteiger partial charge in [0.25, 0.3) is 11.6 Å². The summed E-state index contributed by atoms with van der Waals surface area (Å²) >= 11 is 7.36. The summed E-state index contributed by atoms with van der Waals surface area (Å²) < 4.78 is 14.8. The number of carbonyl (C=O) groups excluding carboxylic acids is 1. The maximum Gasteiger partial charge on any atom is 0.274 e. The first kappa shape index (κ1) is 39.9. The Morgan fingerprint density at radius 3 is 2.53 bits per heavy atom. The number of nitrogens with zero attached hydrogens (tertiary/aromatic N) is 5. The summed E-state index contributed by atoms with van der Waals surface area (Å²) in [6.07, 6.45) is 6.85. The molecule has 3 aliphatic rings. The number of nitro groups is 1. The monoisotopic (exact) mass is 821 g/mol. The van der Waals surface area contributed by atoms with Crippen LogP contribution in [0.2, 0.25) is 5.02 Å². The van der Waals surface area contributed by atoms with E-state index in [9.17, 15) is 14.9 Å². The second-order valence-electron chi connectivity index (χ2n) is 16.0. The summed E-state index contributed by atoms with van der Waals surface area (Å²) in [6, 6.07) is 22.9. The third-order valence-electron chi connectivity index (χ3n) is 11.4. The normalized spacial score (nSPS) is 17.7. The molecule has 0 saturated carbocycles. The molecule has 14 heteroatoms. The Labute approximate surface area is 347 Å². The van der Waals surface area contributed by atoms with E-state index in [4.69, 9.17) is 21.1 Å². The highest BCUT2D eigenvalue weighted by Gasteiger charge is 2.30. The highest BCUT2D eigenvalue weighted by Crippen LogP contribution is 2.43. The number of benzene rings is 3. The molecule has 302 valence electrons. The Balaban J connectivity index is 0.974. The number of nitrogens with one attached hydrogen (secondary N) is 2. The molecule has 4 heterocycles. The third kappa shape index (κ3) is 9.51. The SMILES string of the molecule is CC1(C)CCC(CN2CCN(c3ccc(SNC(=O)c4ccc(CN5CCOCC5)c([N+](=O)[O-])c4)c(Oc4cnc5[nH]ccc5c4)c3)CC2)=C(c2ccc(Cl)cc2)C1. The van der Waals surface area contributed by atoms with E-state index in [1.165, 1.54) is 29.2 Å². The van der Waals surface area contributed by atoms with E-state index >= 15 is 0 Å². The summed E-state index contributed by atoms with van der Waals surface area (Å²) in [6.45, 7) is 12.3. The Morgan fingerprint density at radius 1 is 0.983 bits per heavy atom. The van der Waals surface area contributed by atoms with Crippen molar-refractivity contribution in [1.82, 2.24) is 24.5 Å². The largest absolute Gasteiger partial charge is 0.454 e. The molecule has 2 aromatic heterocycles. The lowest BCUT2D eigenvalue weighted by Gasteiger charge is -2.39. The van der Waals surface area contributed by atoms with Crippen LogP contribution in [0.1, 0.15) is 54.6 Å². The molecule has 2 fully saturated rings. The van der Waals surface area contributed by atoms with E-state index in [2.05, 4.69) is 61.4 Å². The molecular weight excluding hydrogens is 774 g/mol. The summed E-state index contributed by atoms with van der Waals surface area (Å²) in [5.41, 5.74) is 7.01. The van der Waals surface area contributed by atoms with E-state index in [0.717, 1.165) is 79.3 Å². The van der Waals surface area contributed by atoms with Gasteiger partial charge in [0.2, 0.25) is 0 Å². The fraction of sp³-hybridized carbons (Fsp3) is 0.364. The highest BCUT2D eigenvalue weighted by atomic mass is 35.5. The Morgan fingerprint density at radius 2 is 1.76 bits per heavy atom. The van der Waals surface area contributed by atoms with E-state index in [1.54, 1.807) is 18.3 Å². The fourth-order valence-electron chi connectivity index (χ4n) is 8.03. The van der Waals surface area contributed by atoms with Crippen LogP contribution >= 0.6 is 23.5 Å². The Hall–Kier alpha value is -4.92. The van der Waals surface area contributed by atoms with Gasteiger partial charge in [0, 0.05) is 97.9 Å². The van der Waals surface area contributed by atoms with Gasteiger partial charge in [-0.05, 0) is 90.2 Å². The van der Waals surface area contributed by atoms with Gasteiger partial charge in [0.15, 0.2) is 0 Å². The Bertz CT molecular complexity index is 2320. The number of halogens is 1.